The van der Waals surface area contributed by atoms with Gasteiger partial charge >= 0.3 is 0 Å². The van der Waals surface area contributed by atoms with Crippen LogP contribution in [0.1, 0.15) is 27.7 Å². The molecule has 0 saturated carbocycles. The maximum atomic E-state index is 12.7. The highest BCUT2D eigenvalue weighted by atomic mass is 35.5. The summed E-state index contributed by atoms with van der Waals surface area (Å²) in [4.78, 5) is 12.7. The molecule has 0 spiro atoms. The van der Waals surface area contributed by atoms with Crippen molar-refractivity contribution in [3.63, 3.8) is 0 Å². The fourth-order valence-corrected chi connectivity index (χ4v) is 3.91. The fourth-order valence-electron chi connectivity index (χ4n) is 3.71. The van der Waals surface area contributed by atoms with E-state index in [1.165, 1.54) is 0 Å². The Morgan fingerprint density at radius 2 is 1.63 bits per heavy atom. The molecule has 6 heteroatoms. The molecule has 1 atom stereocenters. The van der Waals surface area contributed by atoms with E-state index in [-0.39, 0.29) is 12.1 Å². The molecule has 1 aliphatic rings. The number of carbonyl (C=O) groups excluding carboxylic acids is 1. The highest BCUT2D eigenvalue weighted by Gasteiger charge is 2.28. The number of fused-ring (bicyclic) bond motifs is 1. The van der Waals surface area contributed by atoms with Gasteiger partial charge < -0.3 is 10.6 Å². The third kappa shape index (κ3) is 3.44. The number of para-hydroxylation sites is 1. The summed E-state index contributed by atoms with van der Waals surface area (Å²) in [6.07, 6.45) is 1.58. The Balaban J connectivity index is 1.56. The maximum absolute atomic E-state index is 12.7. The summed E-state index contributed by atoms with van der Waals surface area (Å²) in [6.45, 7) is 0.538. The van der Waals surface area contributed by atoms with Crippen LogP contribution in [0.2, 0.25) is 5.02 Å². The number of hydrogen-bond donors (Lipinski definition) is 2. The van der Waals surface area contributed by atoms with Crippen LogP contribution in [0.4, 0.5) is 5.69 Å². The lowest BCUT2D eigenvalue weighted by molar-refractivity contribution is 0.0936. The molecule has 2 N–H and O–H groups in total. The van der Waals surface area contributed by atoms with Crippen molar-refractivity contribution in [2.24, 2.45) is 0 Å². The van der Waals surface area contributed by atoms with E-state index in [2.05, 4.69) is 10.6 Å². The second-order valence-electron chi connectivity index (χ2n) is 7.18. The predicted octanol–water partition coefficient (Wildman–Crippen LogP) is 5.11. The molecule has 0 radical (unpaired) electrons. The summed E-state index contributed by atoms with van der Waals surface area (Å²) in [5, 5.41) is 12.0. The van der Waals surface area contributed by atoms with E-state index >= 15 is 0 Å². The molecule has 1 amide bonds. The molecule has 5 rings (SSSR count). The highest BCUT2D eigenvalue weighted by Crippen LogP contribution is 2.32. The van der Waals surface area contributed by atoms with Gasteiger partial charge in [0.2, 0.25) is 0 Å². The summed E-state index contributed by atoms with van der Waals surface area (Å²) < 4.78 is 1.87. The highest BCUT2D eigenvalue weighted by molar-refractivity contribution is 6.31. The Hall–Kier alpha value is -3.57. The van der Waals surface area contributed by atoms with Gasteiger partial charge in [-0.3, -0.25) is 9.48 Å². The van der Waals surface area contributed by atoms with E-state index in [1.807, 2.05) is 89.7 Å². The average molecular weight is 415 g/mol. The first-order chi connectivity index (χ1) is 14.7. The molecule has 1 unspecified atom stereocenters. The average Bonchev–Trinajstić information content (AvgIpc) is 3.20. The normalized spacial score (nSPS) is 15.2. The van der Waals surface area contributed by atoms with Crippen LogP contribution in [-0.4, -0.2) is 15.7 Å². The second kappa shape index (κ2) is 7.69. The van der Waals surface area contributed by atoms with Crippen molar-refractivity contribution >= 4 is 23.2 Å². The summed E-state index contributed by atoms with van der Waals surface area (Å²) in [5.41, 5.74) is 5.14. The third-order valence-electron chi connectivity index (χ3n) is 5.19. The van der Waals surface area contributed by atoms with Gasteiger partial charge in [0.05, 0.1) is 17.8 Å². The summed E-state index contributed by atoms with van der Waals surface area (Å²) in [5.74, 6) is -0.104. The quantitative estimate of drug-likeness (QED) is 0.488. The lowest BCUT2D eigenvalue weighted by atomic mass is 10.0. The molecule has 2 heterocycles. The number of hydrogen-bond acceptors (Lipinski definition) is 3. The number of nitrogens with one attached hydrogen (secondary N) is 2. The number of halogens is 1. The molecule has 0 aliphatic carbocycles. The number of amides is 1. The zero-order valence-electron chi connectivity index (χ0n) is 16.0. The van der Waals surface area contributed by atoms with Crippen molar-refractivity contribution in [2.75, 3.05) is 5.32 Å². The van der Waals surface area contributed by atoms with Crippen molar-refractivity contribution < 1.29 is 4.79 Å². The first kappa shape index (κ1) is 18.5. The minimum atomic E-state index is -0.386. The smallest absolute Gasteiger partial charge is 0.255 e. The van der Waals surface area contributed by atoms with E-state index in [0.29, 0.717) is 17.1 Å². The van der Waals surface area contributed by atoms with Gasteiger partial charge in [-0.05, 0) is 23.8 Å². The van der Waals surface area contributed by atoms with Crippen molar-refractivity contribution in [3.05, 3.63) is 107 Å². The fraction of sp³-hybridized carbons (Fsp3) is 0.0833. The minimum absolute atomic E-state index is 0.104. The maximum Gasteiger partial charge on any atom is 0.255 e. The van der Waals surface area contributed by atoms with Crippen molar-refractivity contribution in [1.82, 2.24) is 15.1 Å². The molecule has 0 saturated heterocycles. The van der Waals surface area contributed by atoms with Crippen LogP contribution < -0.4 is 10.6 Å². The minimum Gasteiger partial charge on any atom is -0.361 e. The van der Waals surface area contributed by atoms with E-state index in [0.717, 1.165) is 28.1 Å². The van der Waals surface area contributed by atoms with Gasteiger partial charge in [0.15, 0.2) is 0 Å². The van der Waals surface area contributed by atoms with Crippen LogP contribution in [0.25, 0.3) is 11.3 Å². The Labute approximate surface area is 179 Å². The molecule has 3 aromatic carbocycles. The van der Waals surface area contributed by atoms with Gasteiger partial charge in [0.25, 0.3) is 5.91 Å². The molecule has 0 fully saturated rings. The van der Waals surface area contributed by atoms with Crippen LogP contribution in [0, 0.1) is 0 Å². The van der Waals surface area contributed by atoms with E-state index in [4.69, 9.17) is 16.7 Å². The molecular formula is C24H19ClN4O. The van der Waals surface area contributed by atoms with E-state index < -0.39 is 0 Å². The lowest BCUT2D eigenvalue weighted by Crippen LogP contribution is -2.38. The first-order valence-corrected chi connectivity index (χ1v) is 10.1. The third-order valence-corrected chi connectivity index (χ3v) is 5.55. The summed E-state index contributed by atoms with van der Waals surface area (Å²) in [6, 6.07) is 25.2. The van der Waals surface area contributed by atoms with Crippen molar-refractivity contribution in [3.8, 4) is 11.3 Å². The van der Waals surface area contributed by atoms with Gasteiger partial charge in [-0.15, -0.1) is 0 Å². The Morgan fingerprint density at radius 1 is 0.900 bits per heavy atom. The molecule has 1 aliphatic heterocycles. The zero-order chi connectivity index (χ0) is 20.5. The van der Waals surface area contributed by atoms with Gasteiger partial charge in [-0.25, -0.2) is 0 Å². The van der Waals surface area contributed by atoms with Crippen LogP contribution >= 0.6 is 11.6 Å². The topological polar surface area (TPSA) is 59.0 Å². The number of benzene rings is 3. The molecule has 1 aromatic heterocycles. The van der Waals surface area contributed by atoms with Crippen LogP contribution in [0.15, 0.2) is 85.1 Å². The number of anilines is 1. The first-order valence-electron chi connectivity index (χ1n) is 9.71. The molecule has 0 bridgehead atoms. The van der Waals surface area contributed by atoms with Gasteiger partial charge in [-0.1, -0.05) is 72.3 Å². The van der Waals surface area contributed by atoms with E-state index in [1.54, 1.807) is 0 Å². The zero-order valence-corrected chi connectivity index (χ0v) is 16.8. The van der Waals surface area contributed by atoms with Crippen LogP contribution in [0.3, 0.4) is 0 Å². The molecule has 5 nitrogen and oxygen atoms in total. The van der Waals surface area contributed by atoms with Gasteiger partial charge in [0, 0.05) is 28.0 Å². The lowest BCUT2D eigenvalue weighted by Gasteiger charge is -2.27. The summed E-state index contributed by atoms with van der Waals surface area (Å²) in [7, 11) is 0. The Kier molecular flexibility index (Phi) is 4.73. The van der Waals surface area contributed by atoms with Gasteiger partial charge in [0.1, 0.15) is 6.17 Å². The largest absolute Gasteiger partial charge is 0.361 e. The van der Waals surface area contributed by atoms with Crippen LogP contribution in [-0.2, 0) is 6.54 Å². The van der Waals surface area contributed by atoms with E-state index in [9.17, 15) is 4.79 Å². The standard InChI is InChI=1S/C24H19ClN4O/c25-20-12-6-4-10-17(20)14-29-15-19(22(28-29)16-8-2-1-3-9-16)23-26-21-13-7-5-11-18(21)24(30)27-23/h1-13,15,23,26H,14H2,(H,27,30). The molecule has 30 heavy (non-hydrogen) atoms. The predicted molar refractivity (Wildman–Crippen MR) is 118 cm³/mol. The van der Waals surface area contributed by atoms with Crippen molar-refractivity contribution in [1.29, 1.82) is 0 Å². The number of aromatic nitrogens is 2. The SMILES string of the molecule is O=C1NC(c2cn(Cc3ccccc3Cl)nc2-c2ccccc2)Nc2ccccc21. The molecule has 148 valence electrons. The Bertz CT molecular complexity index is 1220. The number of rotatable bonds is 4. The number of carbonyl (C=O) groups is 1. The Morgan fingerprint density at radius 3 is 2.47 bits per heavy atom. The second-order valence-corrected chi connectivity index (χ2v) is 7.59. The summed E-state index contributed by atoms with van der Waals surface area (Å²) >= 11 is 6.35. The number of nitrogens with zero attached hydrogens (tertiary/aromatic N) is 2. The molecule has 4 aromatic rings. The monoisotopic (exact) mass is 414 g/mol. The van der Waals surface area contributed by atoms with Crippen molar-refractivity contribution in [2.45, 2.75) is 12.7 Å². The van der Waals surface area contributed by atoms with Crippen LogP contribution in [0.5, 0.6) is 0 Å². The molecular weight excluding hydrogens is 396 g/mol. The van der Waals surface area contributed by atoms with Gasteiger partial charge in [-0.2, -0.15) is 5.10 Å².